The summed E-state index contributed by atoms with van der Waals surface area (Å²) >= 11 is 0. The first-order valence-electron chi connectivity index (χ1n) is 10.4. The lowest BCUT2D eigenvalue weighted by Crippen LogP contribution is -2.35. The Balaban J connectivity index is 1.37. The van der Waals surface area contributed by atoms with Crippen LogP contribution in [0, 0.1) is 0 Å². The first-order valence-corrected chi connectivity index (χ1v) is 11.8. The first kappa shape index (κ1) is 20.6. The Morgan fingerprint density at radius 2 is 1.57 bits per heavy atom. The Morgan fingerprint density at radius 1 is 0.867 bits per heavy atom. The van der Waals surface area contributed by atoms with Gasteiger partial charge in [0.15, 0.2) is 0 Å². The van der Waals surface area contributed by atoms with Gasteiger partial charge in [0, 0.05) is 19.6 Å². The van der Waals surface area contributed by atoms with E-state index in [9.17, 15) is 13.2 Å². The third kappa shape index (κ3) is 4.55. The molecule has 0 radical (unpaired) electrons. The Morgan fingerprint density at radius 3 is 2.33 bits per heavy atom. The zero-order valence-corrected chi connectivity index (χ0v) is 17.7. The summed E-state index contributed by atoms with van der Waals surface area (Å²) in [6.45, 7) is 1.55. The summed E-state index contributed by atoms with van der Waals surface area (Å²) in [5, 5.41) is 5.14. The highest BCUT2D eigenvalue weighted by atomic mass is 32.2. The Labute approximate surface area is 177 Å². The molecule has 0 aromatic heterocycles. The van der Waals surface area contributed by atoms with E-state index in [0.717, 1.165) is 41.2 Å². The van der Waals surface area contributed by atoms with E-state index in [1.807, 2.05) is 42.5 Å². The number of rotatable bonds is 6. The van der Waals surface area contributed by atoms with E-state index >= 15 is 0 Å². The first-order chi connectivity index (χ1) is 14.5. The molecule has 0 saturated carbocycles. The van der Waals surface area contributed by atoms with Crippen LogP contribution >= 0.6 is 0 Å². The summed E-state index contributed by atoms with van der Waals surface area (Å²) in [4.78, 5) is 12.8. The summed E-state index contributed by atoms with van der Waals surface area (Å²) in [5.41, 5.74) is 1.87. The van der Waals surface area contributed by atoms with Crippen molar-refractivity contribution in [1.82, 2.24) is 9.62 Å². The lowest BCUT2D eigenvalue weighted by Gasteiger charge is -2.25. The maximum atomic E-state index is 12.7. The fourth-order valence-corrected chi connectivity index (χ4v) is 5.43. The maximum Gasteiger partial charge on any atom is 0.243 e. The summed E-state index contributed by atoms with van der Waals surface area (Å²) in [7, 11) is -3.43. The predicted octanol–water partition coefficient (Wildman–Crippen LogP) is 3.87. The minimum atomic E-state index is -3.43. The van der Waals surface area contributed by atoms with E-state index in [0.29, 0.717) is 31.0 Å². The van der Waals surface area contributed by atoms with Gasteiger partial charge in [-0.2, -0.15) is 4.31 Å². The van der Waals surface area contributed by atoms with Crippen LogP contribution in [0.1, 0.15) is 30.4 Å². The standard InChI is InChI=1S/C24H26N2O3S/c27-24(17-21-9-6-8-20-7-2-3-10-23(20)21)25-18-19-11-13-22(14-12-19)30(28,29)26-15-4-1-5-16-26/h2-3,6-14H,1,4-5,15-18H2,(H,25,27). The van der Waals surface area contributed by atoms with Crippen molar-refractivity contribution in [2.45, 2.75) is 37.1 Å². The van der Waals surface area contributed by atoms with E-state index in [-0.39, 0.29) is 5.91 Å². The molecule has 0 aliphatic carbocycles. The van der Waals surface area contributed by atoms with Crippen LogP contribution in [-0.2, 0) is 27.8 Å². The molecule has 1 N–H and O–H groups in total. The predicted molar refractivity (Wildman–Crippen MR) is 119 cm³/mol. The third-order valence-electron chi connectivity index (χ3n) is 5.60. The minimum Gasteiger partial charge on any atom is -0.352 e. The molecule has 1 saturated heterocycles. The van der Waals surface area contributed by atoms with Crippen LogP contribution in [0.25, 0.3) is 10.8 Å². The van der Waals surface area contributed by atoms with Crippen LogP contribution in [0.4, 0.5) is 0 Å². The molecular weight excluding hydrogens is 396 g/mol. The van der Waals surface area contributed by atoms with Gasteiger partial charge < -0.3 is 5.32 Å². The highest BCUT2D eigenvalue weighted by Gasteiger charge is 2.25. The number of hydrogen-bond acceptors (Lipinski definition) is 3. The van der Waals surface area contributed by atoms with Gasteiger partial charge in [0.1, 0.15) is 0 Å². The monoisotopic (exact) mass is 422 g/mol. The second-order valence-electron chi connectivity index (χ2n) is 7.70. The molecule has 30 heavy (non-hydrogen) atoms. The van der Waals surface area contributed by atoms with Crippen LogP contribution in [0.5, 0.6) is 0 Å². The van der Waals surface area contributed by atoms with Crippen LogP contribution in [0.15, 0.2) is 71.6 Å². The summed E-state index contributed by atoms with van der Waals surface area (Å²) in [6.07, 6.45) is 3.23. The molecule has 1 amide bonds. The van der Waals surface area contributed by atoms with Crippen molar-refractivity contribution in [3.63, 3.8) is 0 Å². The number of carbonyl (C=O) groups is 1. The van der Waals surface area contributed by atoms with Crippen molar-refractivity contribution in [3.8, 4) is 0 Å². The van der Waals surface area contributed by atoms with Gasteiger partial charge in [0.2, 0.25) is 15.9 Å². The fourth-order valence-electron chi connectivity index (χ4n) is 3.92. The average molecular weight is 423 g/mol. The van der Waals surface area contributed by atoms with E-state index < -0.39 is 10.0 Å². The largest absolute Gasteiger partial charge is 0.352 e. The Kier molecular flexibility index (Phi) is 6.16. The zero-order valence-electron chi connectivity index (χ0n) is 16.9. The van der Waals surface area contributed by atoms with E-state index in [2.05, 4.69) is 5.32 Å². The highest BCUT2D eigenvalue weighted by Crippen LogP contribution is 2.21. The van der Waals surface area contributed by atoms with Crippen molar-refractivity contribution in [1.29, 1.82) is 0 Å². The topological polar surface area (TPSA) is 66.5 Å². The van der Waals surface area contributed by atoms with Gasteiger partial charge in [0.25, 0.3) is 0 Å². The minimum absolute atomic E-state index is 0.0589. The molecule has 0 unspecified atom stereocenters. The maximum absolute atomic E-state index is 12.7. The Hall–Kier alpha value is -2.70. The van der Waals surface area contributed by atoms with Crippen LogP contribution in [0.2, 0.25) is 0 Å². The van der Waals surface area contributed by atoms with Gasteiger partial charge in [-0.05, 0) is 46.9 Å². The van der Waals surface area contributed by atoms with Gasteiger partial charge in [-0.25, -0.2) is 8.42 Å². The fraction of sp³-hybridized carbons (Fsp3) is 0.292. The van der Waals surface area contributed by atoms with Crippen molar-refractivity contribution >= 4 is 26.7 Å². The molecule has 156 valence electrons. The number of hydrogen-bond donors (Lipinski definition) is 1. The summed E-state index contributed by atoms with van der Waals surface area (Å²) < 4.78 is 27.0. The molecular formula is C24H26N2O3S. The number of benzene rings is 3. The van der Waals surface area contributed by atoms with Gasteiger partial charge in [-0.1, -0.05) is 61.0 Å². The summed E-state index contributed by atoms with van der Waals surface area (Å²) in [6, 6.07) is 20.8. The quantitative estimate of drug-likeness (QED) is 0.656. The van der Waals surface area contributed by atoms with Crippen molar-refractivity contribution in [2.24, 2.45) is 0 Å². The van der Waals surface area contributed by atoms with Crippen LogP contribution < -0.4 is 5.32 Å². The SMILES string of the molecule is O=C(Cc1cccc2ccccc12)NCc1ccc(S(=O)(=O)N2CCCCC2)cc1. The number of nitrogens with one attached hydrogen (secondary N) is 1. The number of sulfonamides is 1. The average Bonchev–Trinajstić information content (AvgIpc) is 2.79. The van der Waals surface area contributed by atoms with E-state index in [1.165, 1.54) is 0 Å². The lowest BCUT2D eigenvalue weighted by molar-refractivity contribution is -0.120. The highest BCUT2D eigenvalue weighted by molar-refractivity contribution is 7.89. The van der Waals surface area contributed by atoms with E-state index in [4.69, 9.17) is 0 Å². The molecule has 1 fully saturated rings. The van der Waals surface area contributed by atoms with E-state index in [1.54, 1.807) is 28.6 Å². The molecule has 3 aromatic rings. The molecule has 3 aromatic carbocycles. The van der Waals surface area contributed by atoms with Gasteiger partial charge in [-0.15, -0.1) is 0 Å². The van der Waals surface area contributed by atoms with Crippen LogP contribution in [-0.4, -0.2) is 31.7 Å². The molecule has 6 heteroatoms. The molecule has 0 atom stereocenters. The van der Waals surface area contributed by atoms with Gasteiger partial charge in [-0.3, -0.25) is 4.79 Å². The number of amides is 1. The second-order valence-corrected chi connectivity index (χ2v) is 9.64. The molecule has 0 bridgehead atoms. The summed E-state index contributed by atoms with van der Waals surface area (Å²) in [5.74, 6) is -0.0589. The van der Waals surface area contributed by atoms with Crippen LogP contribution in [0.3, 0.4) is 0 Å². The van der Waals surface area contributed by atoms with Crippen molar-refractivity contribution < 1.29 is 13.2 Å². The van der Waals surface area contributed by atoms with Crippen molar-refractivity contribution in [2.75, 3.05) is 13.1 Å². The second kappa shape index (κ2) is 8.98. The number of fused-ring (bicyclic) bond motifs is 1. The van der Waals surface area contributed by atoms with Gasteiger partial charge in [0.05, 0.1) is 11.3 Å². The van der Waals surface area contributed by atoms with Crippen molar-refractivity contribution in [3.05, 3.63) is 77.9 Å². The molecule has 0 spiro atoms. The van der Waals surface area contributed by atoms with Gasteiger partial charge >= 0.3 is 0 Å². The molecule has 1 heterocycles. The lowest BCUT2D eigenvalue weighted by atomic mass is 10.0. The zero-order chi connectivity index (χ0) is 21.0. The number of piperidine rings is 1. The normalized spacial score (nSPS) is 15.2. The number of nitrogens with zero attached hydrogens (tertiary/aromatic N) is 1. The molecule has 1 aliphatic rings. The molecule has 4 rings (SSSR count). The molecule has 1 aliphatic heterocycles. The Bertz CT molecular complexity index is 1130. The number of carbonyl (C=O) groups excluding carboxylic acids is 1. The third-order valence-corrected chi connectivity index (χ3v) is 7.51. The smallest absolute Gasteiger partial charge is 0.243 e. The molecule has 5 nitrogen and oxygen atoms in total.